The highest BCUT2D eigenvalue weighted by atomic mass is 19.1. The summed E-state index contributed by atoms with van der Waals surface area (Å²) in [7, 11) is 0. The van der Waals surface area contributed by atoms with Crippen LogP contribution in [0.5, 0.6) is 0 Å². The highest BCUT2D eigenvalue weighted by molar-refractivity contribution is 5.65. The predicted octanol–water partition coefficient (Wildman–Crippen LogP) is 1.48. The maximum atomic E-state index is 13.6. The normalized spacial score (nSPS) is 9.59. The minimum absolute atomic E-state index is 0.00495. The van der Waals surface area contributed by atoms with Gasteiger partial charge in [0.15, 0.2) is 5.69 Å². The second-order valence-corrected chi connectivity index (χ2v) is 3.19. The third-order valence-corrected chi connectivity index (χ3v) is 2.19. The van der Waals surface area contributed by atoms with E-state index >= 15 is 0 Å². The molecule has 6 heteroatoms. The van der Waals surface area contributed by atoms with Crippen molar-refractivity contribution in [2.24, 2.45) is 0 Å². The van der Waals surface area contributed by atoms with E-state index < -0.39 is 5.82 Å². The lowest BCUT2D eigenvalue weighted by molar-refractivity contribution is 0.624. The summed E-state index contributed by atoms with van der Waals surface area (Å²) in [4.78, 5) is 0. The molecule has 0 bridgehead atoms. The van der Waals surface area contributed by atoms with Crippen LogP contribution in [0.15, 0.2) is 24.3 Å². The van der Waals surface area contributed by atoms with Crippen molar-refractivity contribution >= 4 is 0 Å². The molecule has 1 heterocycles. The van der Waals surface area contributed by atoms with Crippen LogP contribution in [-0.2, 0) is 6.54 Å². The molecule has 0 atom stereocenters. The summed E-state index contributed by atoms with van der Waals surface area (Å²) < 4.78 is 14.8. The van der Waals surface area contributed by atoms with Gasteiger partial charge in [0.2, 0.25) is 0 Å². The Kier molecular flexibility index (Phi) is 2.80. The van der Waals surface area contributed by atoms with E-state index in [1.54, 1.807) is 12.1 Å². The largest absolute Gasteiger partial charge is 0.229 e. The highest BCUT2D eigenvalue weighted by Crippen LogP contribution is 2.24. The minimum atomic E-state index is -0.481. The van der Waals surface area contributed by atoms with Gasteiger partial charge < -0.3 is 0 Å². The zero-order valence-corrected chi connectivity index (χ0v) is 8.63. The van der Waals surface area contributed by atoms with E-state index in [0.717, 1.165) is 0 Å². The molecular weight excluding hydrogens is 221 g/mol. The molecule has 0 saturated carbocycles. The highest BCUT2D eigenvalue weighted by Gasteiger charge is 2.17. The summed E-state index contributed by atoms with van der Waals surface area (Å²) >= 11 is 0. The number of halogens is 1. The van der Waals surface area contributed by atoms with Crippen molar-refractivity contribution in [2.75, 3.05) is 0 Å². The molecule has 2 aromatic rings. The molecule has 0 aliphatic carbocycles. The third kappa shape index (κ3) is 1.84. The van der Waals surface area contributed by atoms with E-state index in [-0.39, 0.29) is 23.5 Å². The fourth-order valence-electron chi connectivity index (χ4n) is 1.49. The van der Waals surface area contributed by atoms with Crippen molar-refractivity contribution in [1.82, 2.24) is 15.0 Å². The van der Waals surface area contributed by atoms with E-state index in [1.807, 2.05) is 12.1 Å². The molecule has 0 spiro atoms. The van der Waals surface area contributed by atoms with E-state index in [0.29, 0.717) is 0 Å². The zero-order chi connectivity index (χ0) is 12.3. The molecule has 17 heavy (non-hydrogen) atoms. The molecule has 0 aliphatic heterocycles. The van der Waals surface area contributed by atoms with Gasteiger partial charge in [-0.1, -0.05) is 17.3 Å². The number of rotatable bonds is 2. The molecule has 82 valence electrons. The van der Waals surface area contributed by atoms with Gasteiger partial charge in [0.1, 0.15) is 24.1 Å². The van der Waals surface area contributed by atoms with Crippen LogP contribution in [0.2, 0.25) is 0 Å². The van der Waals surface area contributed by atoms with Crippen molar-refractivity contribution < 1.29 is 4.39 Å². The molecular formula is C11H6FN5. The summed E-state index contributed by atoms with van der Waals surface area (Å²) in [5.74, 6) is -0.481. The molecule has 0 amide bonds. The van der Waals surface area contributed by atoms with Gasteiger partial charge >= 0.3 is 0 Å². The molecule has 0 unspecified atom stereocenters. The Balaban J connectivity index is 2.66. The first-order valence-corrected chi connectivity index (χ1v) is 4.73. The van der Waals surface area contributed by atoms with Gasteiger partial charge in [-0.05, 0) is 12.1 Å². The van der Waals surface area contributed by atoms with Crippen molar-refractivity contribution in [2.45, 2.75) is 6.54 Å². The quantitative estimate of drug-likeness (QED) is 0.778. The number of hydrogen-bond acceptors (Lipinski definition) is 4. The Labute approximate surface area is 96.3 Å². The van der Waals surface area contributed by atoms with Crippen molar-refractivity contribution in [3.05, 3.63) is 35.8 Å². The number of nitriles is 2. The van der Waals surface area contributed by atoms with E-state index in [2.05, 4.69) is 10.3 Å². The van der Waals surface area contributed by atoms with Gasteiger partial charge in [-0.2, -0.15) is 10.5 Å². The van der Waals surface area contributed by atoms with Crippen LogP contribution in [0.4, 0.5) is 4.39 Å². The summed E-state index contributed by atoms with van der Waals surface area (Å²) in [6.07, 6.45) is 0. The van der Waals surface area contributed by atoms with Crippen LogP contribution in [0.3, 0.4) is 0 Å². The molecule has 0 aliphatic rings. The minimum Gasteiger partial charge on any atom is -0.229 e. The van der Waals surface area contributed by atoms with Crippen LogP contribution >= 0.6 is 0 Å². The Morgan fingerprint density at radius 3 is 2.71 bits per heavy atom. The second-order valence-electron chi connectivity index (χ2n) is 3.19. The van der Waals surface area contributed by atoms with Gasteiger partial charge in [-0.25, -0.2) is 9.07 Å². The van der Waals surface area contributed by atoms with Crippen molar-refractivity contribution in [3.63, 3.8) is 0 Å². The standard InChI is InChI=1S/C11H6FN5/c12-9-4-2-1-3-8(9)11-10(7-14)15-16-17(11)6-5-13/h1-4H,6H2. The lowest BCUT2D eigenvalue weighted by Crippen LogP contribution is -2.02. The van der Waals surface area contributed by atoms with Gasteiger partial charge in [-0.3, -0.25) is 0 Å². The zero-order valence-electron chi connectivity index (χ0n) is 8.63. The number of benzene rings is 1. The van der Waals surface area contributed by atoms with E-state index in [1.165, 1.54) is 16.8 Å². The van der Waals surface area contributed by atoms with Gasteiger partial charge in [0, 0.05) is 5.56 Å². The second kappa shape index (κ2) is 4.42. The average Bonchev–Trinajstić information content (AvgIpc) is 2.73. The Morgan fingerprint density at radius 2 is 2.06 bits per heavy atom. The van der Waals surface area contributed by atoms with Gasteiger partial charge in [-0.15, -0.1) is 5.10 Å². The van der Waals surface area contributed by atoms with Crippen LogP contribution in [0.1, 0.15) is 5.69 Å². The van der Waals surface area contributed by atoms with Crippen LogP contribution < -0.4 is 0 Å². The first kappa shape index (κ1) is 10.8. The Bertz CT molecular complexity index is 632. The van der Waals surface area contributed by atoms with E-state index in [4.69, 9.17) is 10.5 Å². The summed E-state index contributed by atoms with van der Waals surface area (Å²) in [6.45, 7) is -0.0850. The first-order valence-electron chi connectivity index (χ1n) is 4.73. The smallest absolute Gasteiger partial charge is 0.190 e. The molecule has 2 rings (SSSR count). The van der Waals surface area contributed by atoms with Crippen LogP contribution in [0, 0.1) is 28.5 Å². The van der Waals surface area contributed by atoms with Crippen LogP contribution in [0.25, 0.3) is 11.3 Å². The summed E-state index contributed by atoms with van der Waals surface area (Å²) in [5.41, 5.74) is 0.446. The molecule has 0 N–H and O–H groups in total. The third-order valence-electron chi connectivity index (χ3n) is 2.19. The average molecular weight is 227 g/mol. The lowest BCUT2D eigenvalue weighted by Gasteiger charge is -2.03. The van der Waals surface area contributed by atoms with Crippen molar-refractivity contribution in [3.8, 4) is 23.4 Å². The maximum Gasteiger partial charge on any atom is 0.190 e. The summed E-state index contributed by atoms with van der Waals surface area (Å²) in [5, 5.41) is 24.8. The number of hydrogen-bond donors (Lipinski definition) is 0. The topological polar surface area (TPSA) is 78.3 Å². The maximum absolute atomic E-state index is 13.6. The molecule has 0 radical (unpaired) electrons. The Hall–Kier alpha value is -2.73. The fourth-order valence-corrected chi connectivity index (χ4v) is 1.49. The molecule has 1 aromatic carbocycles. The van der Waals surface area contributed by atoms with E-state index in [9.17, 15) is 4.39 Å². The lowest BCUT2D eigenvalue weighted by atomic mass is 10.1. The SMILES string of the molecule is N#CCn1nnc(C#N)c1-c1ccccc1F. The molecule has 5 nitrogen and oxygen atoms in total. The molecule has 1 aromatic heterocycles. The van der Waals surface area contributed by atoms with Gasteiger partial charge in [0.25, 0.3) is 0 Å². The first-order chi connectivity index (χ1) is 8.27. The van der Waals surface area contributed by atoms with Gasteiger partial charge in [0.05, 0.1) is 6.07 Å². The number of nitrogens with zero attached hydrogens (tertiary/aromatic N) is 5. The van der Waals surface area contributed by atoms with Crippen molar-refractivity contribution in [1.29, 1.82) is 10.5 Å². The number of aromatic nitrogens is 3. The van der Waals surface area contributed by atoms with Crippen LogP contribution in [-0.4, -0.2) is 15.0 Å². The monoisotopic (exact) mass is 227 g/mol. The summed E-state index contributed by atoms with van der Waals surface area (Å²) in [6, 6.07) is 9.69. The predicted molar refractivity (Wildman–Crippen MR) is 55.7 cm³/mol. The molecule has 0 fully saturated rings. The molecule has 0 saturated heterocycles. The fraction of sp³-hybridized carbons (Fsp3) is 0.0909. The Morgan fingerprint density at radius 1 is 1.29 bits per heavy atom.